The molecule has 0 aromatic heterocycles. The molecule has 3 heterocycles. The molecule has 4 nitrogen and oxygen atoms in total. The third kappa shape index (κ3) is 3.74. The number of hydrogen-bond donors (Lipinski definition) is 0. The summed E-state index contributed by atoms with van der Waals surface area (Å²) in [5, 5.41) is 0. The number of rotatable bonds is 3. The summed E-state index contributed by atoms with van der Waals surface area (Å²) < 4.78 is 0. The van der Waals surface area contributed by atoms with Crippen LogP contribution in [0.15, 0.2) is 24.3 Å². The average molecular weight is 314 g/mol. The maximum absolute atomic E-state index is 12.7. The van der Waals surface area contributed by atoms with Crippen LogP contribution in [-0.2, 0) is 16.0 Å². The number of fused-ring (bicyclic) bond motifs is 4. The second kappa shape index (κ2) is 6.73. The van der Waals surface area contributed by atoms with Crippen molar-refractivity contribution in [3.63, 3.8) is 0 Å². The predicted octanol–water partition coefficient (Wildman–Crippen LogP) is 2.40. The van der Waals surface area contributed by atoms with Gasteiger partial charge in [0.05, 0.1) is 0 Å². The van der Waals surface area contributed by atoms with Gasteiger partial charge < -0.3 is 9.80 Å². The topological polar surface area (TPSA) is 40.6 Å². The van der Waals surface area contributed by atoms with Gasteiger partial charge in [0, 0.05) is 39.0 Å². The van der Waals surface area contributed by atoms with Crippen molar-refractivity contribution in [3.05, 3.63) is 35.4 Å². The first-order chi connectivity index (χ1) is 11.0. The van der Waals surface area contributed by atoms with Crippen LogP contribution in [0.2, 0.25) is 0 Å². The predicted molar refractivity (Wildman–Crippen MR) is 90.0 cm³/mol. The first-order valence-electron chi connectivity index (χ1n) is 8.63. The van der Waals surface area contributed by atoms with Crippen LogP contribution < -0.4 is 0 Å². The highest BCUT2D eigenvalue weighted by atomic mass is 16.2. The summed E-state index contributed by atoms with van der Waals surface area (Å²) in [6.07, 6.45) is 3.52. The Kier molecular flexibility index (Phi) is 4.69. The SMILES string of the molecule is CC(=O)N1C[C@H]2CC[C@@H](C1)N(C(=O)CCc1ccc(C)cc1)C2. The van der Waals surface area contributed by atoms with Gasteiger partial charge in [-0.25, -0.2) is 0 Å². The van der Waals surface area contributed by atoms with E-state index >= 15 is 0 Å². The molecule has 23 heavy (non-hydrogen) atoms. The fourth-order valence-corrected chi connectivity index (χ4v) is 3.79. The van der Waals surface area contributed by atoms with E-state index in [0.29, 0.717) is 18.9 Å². The lowest BCUT2D eigenvalue weighted by atomic mass is 9.94. The lowest BCUT2D eigenvalue weighted by molar-refractivity contribution is -0.136. The maximum atomic E-state index is 12.7. The molecule has 0 spiro atoms. The number of hydrogen-bond acceptors (Lipinski definition) is 2. The largest absolute Gasteiger partial charge is 0.341 e. The number of piperidine rings is 1. The lowest BCUT2D eigenvalue weighted by Gasteiger charge is -2.36. The van der Waals surface area contributed by atoms with Gasteiger partial charge in [0.2, 0.25) is 11.8 Å². The monoisotopic (exact) mass is 314 g/mol. The van der Waals surface area contributed by atoms with E-state index < -0.39 is 0 Å². The van der Waals surface area contributed by atoms with Crippen molar-refractivity contribution in [2.75, 3.05) is 19.6 Å². The van der Waals surface area contributed by atoms with Crippen molar-refractivity contribution in [2.45, 2.75) is 45.6 Å². The van der Waals surface area contributed by atoms with Crippen LogP contribution in [0.3, 0.4) is 0 Å². The number of carbonyl (C=O) groups excluding carboxylic acids is 2. The third-order valence-electron chi connectivity index (χ3n) is 5.23. The molecule has 3 fully saturated rings. The molecule has 4 rings (SSSR count). The first kappa shape index (κ1) is 16.0. The molecule has 0 aliphatic carbocycles. The number of amides is 2. The molecule has 3 aliphatic rings. The van der Waals surface area contributed by atoms with Gasteiger partial charge in [0.1, 0.15) is 0 Å². The van der Waals surface area contributed by atoms with E-state index in [4.69, 9.17) is 0 Å². The van der Waals surface area contributed by atoms with Gasteiger partial charge in [0.25, 0.3) is 0 Å². The van der Waals surface area contributed by atoms with E-state index in [0.717, 1.165) is 32.4 Å². The summed E-state index contributed by atoms with van der Waals surface area (Å²) in [6.45, 7) is 6.05. The van der Waals surface area contributed by atoms with Crippen LogP contribution in [0.5, 0.6) is 0 Å². The average Bonchev–Trinajstić information content (AvgIpc) is 2.86. The van der Waals surface area contributed by atoms with Gasteiger partial charge in [-0.05, 0) is 37.7 Å². The minimum atomic E-state index is 0.135. The first-order valence-corrected chi connectivity index (χ1v) is 8.63. The highest BCUT2D eigenvalue weighted by molar-refractivity contribution is 5.77. The molecule has 0 unspecified atom stereocenters. The van der Waals surface area contributed by atoms with Crippen LogP contribution in [0, 0.1) is 12.8 Å². The Labute approximate surface area is 138 Å². The minimum Gasteiger partial charge on any atom is -0.341 e. The second-order valence-corrected chi connectivity index (χ2v) is 7.05. The second-order valence-electron chi connectivity index (χ2n) is 7.05. The number of nitrogens with zero attached hydrogens (tertiary/aromatic N) is 2. The minimum absolute atomic E-state index is 0.135. The summed E-state index contributed by atoms with van der Waals surface area (Å²) in [6, 6.07) is 8.61. The molecule has 0 radical (unpaired) electrons. The zero-order valence-electron chi connectivity index (χ0n) is 14.1. The Morgan fingerprint density at radius 3 is 2.52 bits per heavy atom. The maximum Gasteiger partial charge on any atom is 0.223 e. The summed E-state index contributed by atoms with van der Waals surface area (Å²) in [5.74, 6) is 0.822. The molecule has 0 N–H and O–H groups in total. The zero-order chi connectivity index (χ0) is 16.4. The summed E-state index contributed by atoms with van der Waals surface area (Å²) in [4.78, 5) is 28.4. The molecular weight excluding hydrogens is 288 g/mol. The molecule has 2 bridgehead atoms. The fourth-order valence-electron chi connectivity index (χ4n) is 3.79. The highest BCUT2D eigenvalue weighted by Gasteiger charge is 2.37. The van der Waals surface area contributed by atoms with Crippen LogP contribution >= 0.6 is 0 Å². The quantitative estimate of drug-likeness (QED) is 0.859. The number of aryl methyl sites for hydroxylation is 2. The van der Waals surface area contributed by atoms with E-state index in [1.165, 1.54) is 11.1 Å². The lowest BCUT2D eigenvalue weighted by Crippen LogP contribution is -2.47. The molecule has 1 aromatic carbocycles. The van der Waals surface area contributed by atoms with E-state index in [-0.39, 0.29) is 17.9 Å². The van der Waals surface area contributed by atoms with Crippen LogP contribution in [0.1, 0.15) is 37.3 Å². The molecule has 124 valence electrons. The summed E-state index contributed by atoms with van der Waals surface area (Å²) >= 11 is 0. The van der Waals surface area contributed by atoms with Gasteiger partial charge in [-0.1, -0.05) is 29.8 Å². The van der Waals surface area contributed by atoms with Crippen LogP contribution in [0.25, 0.3) is 0 Å². The molecule has 0 saturated carbocycles. The number of benzene rings is 1. The van der Waals surface area contributed by atoms with Gasteiger partial charge >= 0.3 is 0 Å². The van der Waals surface area contributed by atoms with Gasteiger partial charge in [-0.3, -0.25) is 9.59 Å². The Morgan fingerprint density at radius 1 is 1.09 bits per heavy atom. The van der Waals surface area contributed by atoms with E-state index in [9.17, 15) is 9.59 Å². The molecule has 3 aliphatic heterocycles. The van der Waals surface area contributed by atoms with Gasteiger partial charge in [-0.15, -0.1) is 0 Å². The Morgan fingerprint density at radius 2 is 1.83 bits per heavy atom. The smallest absolute Gasteiger partial charge is 0.223 e. The van der Waals surface area contributed by atoms with Crippen LogP contribution in [0.4, 0.5) is 0 Å². The third-order valence-corrected chi connectivity index (χ3v) is 5.23. The van der Waals surface area contributed by atoms with E-state index in [1.807, 2.05) is 9.80 Å². The zero-order valence-corrected chi connectivity index (χ0v) is 14.1. The van der Waals surface area contributed by atoms with Crippen molar-refractivity contribution in [1.82, 2.24) is 9.80 Å². The van der Waals surface area contributed by atoms with E-state index in [1.54, 1.807) is 6.92 Å². The Bertz CT molecular complexity index is 582. The fraction of sp³-hybridized carbons (Fsp3) is 0.579. The molecule has 2 amide bonds. The molecular formula is C19H26N2O2. The van der Waals surface area contributed by atoms with Crippen molar-refractivity contribution in [1.29, 1.82) is 0 Å². The number of carbonyl (C=O) groups is 2. The Hall–Kier alpha value is -1.84. The molecule has 3 saturated heterocycles. The van der Waals surface area contributed by atoms with Crippen molar-refractivity contribution >= 4 is 11.8 Å². The highest BCUT2D eigenvalue weighted by Crippen LogP contribution is 2.28. The normalized spacial score (nSPS) is 23.7. The van der Waals surface area contributed by atoms with Gasteiger partial charge in [-0.2, -0.15) is 0 Å². The van der Waals surface area contributed by atoms with Crippen molar-refractivity contribution < 1.29 is 9.59 Å². The van der Waals surface area contributed by atoms with Crippen molar-refractivity contribution in [3.8, 4) is 0 Å². The Balaban J connectivity index is 1.61. The summed E-state index contributed by atoms with van der Waals surface area (Å²) in [5.41, 5.74) is 2.46. The molecule has 2 atom stereocenters. The van der Waals surface area contributed by atoms with Gasteiger partial charge in [0.15, 0.2) is 0 Å². The molecule has 4 heteroatoms. The standard InChI is InChI=1S/C19H26N2O2/c1-14-3-5-16(6-4-14)8-10-19(23)21-12-17-7-9-18(21)13-20(11-17)15(2)22/h3-6,17-18H,7-13H2,1-2H3/t17-,18+/m1/s1. The van der Waals surface area contributed by atoms with Crippen molar-refractivity contribution in [2.24, 2.45) is 5.92 Å². The van der Waals surface area contributed by atoms with E-state index in [2.05, 4.69) is 31.2 Å². The van der Waals surface area contributed by atoms with Crippen LogP contribution in [-0.4, -0.2) is 47.3 Å². The summed E-state index contributed by atoms with van der Waals surface area (Å²) in [7, 11) is 0. The molecule has 1 aromatic rings.